The summed E-state index contributed by atoms with van der Waals surface area (Å²) in [5, 5.41) is 15.9. The van der Waals surface area contributed by atoms with Gasteiger partial charge in [-0.15, -0.1) is 10.2 Å². The van der Waals surface area contributed by atoms with Crippen LogP contribution in [0, 0.1) is 11.3 Å². The van der Waals surface area contributed by atoms with Crippen molar-refractivity contribution in [2.75, 3.05) is 0 Å². The van der Waals surface area contributed by atoms with Crippen LogP contribution in [-0.2, 0) is 6.42 Å². The molecule has 1 heterocycles. The monoisotopic (exact) mass is 185 g/mol. The van der Waals surface area contributed by atoms with Crippen molar-refractivity contribution in [1.29, 1.82) is 5.26 Å². The van der Waals surface area contributed by atoms with Gasteiger partial charge >= 0.3 is 0 Å². The summed E-state index contributed by atoms with van der Waals surface area (Å²) in [5.74, 6) is 0.578. The highest BCUT2D eigenvalue weighted by molar-refractivity contribution is 5.32. The van der Waals surface area contributed by atoms with Crippen LogP contribution in [0.15, 0.2) is 35.1 Å². The molecule has 4 heteroatoms. The number of rotatable bonds is 2. The Morgan fingerprint density at radius 3 is 2.64 bits per heavy atom. The van der Waals surface area contributed by atoms with Crippen molar-refractivity contribution in [3.05, 3.63) is 47.7 Å². The van der Waals surface area contributed by atoms with E-state index in [2.05, 4.69) is 16.3 Å². The molecule has 0 bridgehead atoms. The molecule has 0 saturated carbocycles. The predicted molar refractivity (Wildman–Crippen MR) is 48.3 cm³/mol. The Morgan fingerprint density at radius 2 is 2.07 bits per heavy atom. The van der Waals surface area contributed by atoms with Crippen molar-refractivity contribution in [2.24, 2.45) is 0 Å². The summed E-state index contributed by atoms with van der Waals surface area (Å²) >= 11 is 0. The molecule has 0 aliphatic heterocycles. The highest BCUT2D eigenvalue weighted by Gasteiger charge is 2.00. The van der Waals surface area contributed by atoms with Gasteiger partial charge in [-0.25, -0.2) is 0 Å². The zero-order valence-electron chi connectivity index (χ0n) is 7.34. The minimum Gasteiger partial charge on any atom is -0.428 e. The van der Waals surface area contributed by atoms with Crippen molar-refractivity contribution in [3.8, 4) is 6.07 Å². The Morgan fingerprint density at radius 1 is 1.29 bits per heavy atom. The molecule has 0 atom stereocenters. The molecular formula is C10H7N3O. The first kappa shape index (κ1) is 8.45. The van der Waals surface area contributed by atoms with Crippen molar-refractivity contribution in [3.63, 3.8) is 0 Å². The Balaban J connectivity index is 2.15. The van der Waals surface area contributed by atoms with Crippen LogP contribution < -0.4 is 0 Å². The first-order valence-electron chi connectivity index (χ1n) is 4.12. The topological polar surface area (TPSA) is 62.7 Å². The number of hydrogen-bond acceptors (Lipinski definition) is 4. The number of nitrogens with zero attached hydrogens (tertiary/aromatic N) is 3. The zero-order chi connectivity index (χ0) is 9.80. The Bertz CT molecular complexity index is 439. The van der Waals surface area contributed by atoms with Crippen LogP contribution in [0.4, 0.5) is 0 Å². The lowest BCUT2D eigenvalue weighted by atomic mass is 10.1. The first-order valence-corrected chi connectivity index (χ1v) is 4.12. The van der Waals surface area contributed by atoms with Gasteiger partial charge in [0, 0.05) is 0 Å². The molecule has 0 fully saturated rings. The van der Waals surface area contributed by atoms with Gasteiger partial charge in [0.2, 0.25) is 12.3 Å². The van der Waals surface area contributed by atoms with E-state index in [1.54, 1.807) is 12.1 Å². The highest BCUT2D eigenvalue weighted by atomic mass is 16.4. The molecule has 2 aromatic rings. The third-order valence-electron chi connectivity index (χ3n) is 1.84. The van der Waals surface area contributed by atoms with Gasteiger partial charge in [-0.1, -0.05) is 12.1 Å². The number of benzene rings is 1. The normalized spacial score (nSPS) is 9.64. The van der Waals surface area contributed by atoms with Gasteiger partial charge in [0.15, 0.2) is 0 Å². The van der Waals surface area contributed by atoms with Crippen LogP contribution in [0.25, 0.3) is 0 Å². The molecule has 0 N–H and O–H groups in total. The summed E-state index contributed by atoms with van der Waals surface area (Å²) in [6.45, 7) is 0. The fourth-order valence-electron chi connectivity index (χ4n) is 1.14. The molecule has 0 aliphatic rings. The molecule has 1 aromatic heterocycles. The standard InChI is InChI=1S/C10H7N3O/c11-6-9-3-1-8(2-4-9)5-10-13-12-7-14-10/h1-4,7H,5H2. The van der Waals surface area contributed by atoms with Crippen LogP contribution >= 0.6 is 0 Å². The number of aromatic nitrogens is 2. The third-order valence-corrected chi connectivity index (χ3v) is 1.84. The molecule has 68 valence electrons. The molecule has 0 unspecified atom stereocenters. The van der Waals surface area contributed by atoms with Crippen LogP contribution in [0.1, 0.15) is 17.0 Å². The summed E-state index contributed by atoms with van der Waals surface area (Å²) in [5.41, 5.74) is 1.70. The fourth-order valence-corrected chi connectivity index (χ4v) is 1.14. The summed E-state index contributed by atoms with van der Waals surface area (Å²) in [6.07, 6.45) is 1.91. The average molecular weight is 185 g/mol. The SMILES string of the molecule is N#Cc1ccc(Cc2nnco2)cc1. The quantitative estimate of drug-likeness (QED) is 0.711. The van der Waals surface area contributed by atoms with E-state index in [4.69, 9.17) is 9.68 Å². The number of hydrogen-bond donors (Lipinski definition) is 0. The Hall–Kier alpha value is -2.15. The van der Waals surface area contributed by atoms with Crippen molar-refractivity contribution in [1.82, 2.24) is 10.2 Å². The zero-order valence-corrected chi connectivity index (χ0v) is 7.34. The molecule has 0 radical (unpaired) electrons. The van der Waals surface area contributed by atoms with Gasteiger partial charge < -0.3 is 4.42 Å². The molecule has 4 nitrogen and oxygen atoms in total. The van der Waals surface area contributed by atoms with Gasteiger partial charge in [0.05, 0.1) is 18.1 Å². The molecule has 14 heavy (non-hydrogen) atoms. The van der Waals surface area contributed by atoms with E-state index in [1.165, 1.54) is 6.39 Å². The van der Waals surface area contributed by atoms with Gasteiger partial charge in [0.1, 0.15) is 0 Å². The molecular weight excluding hydrogens is 178 g/mol. The third kappa shape index (κ3) is 1.77. The van der Waals surface area contributed by atoms with E-state index in [0.717, 1.165) is 5.56 Å². The minimum absolute atomic E-state index is 0.578. The van der Waals surface area contributed by atoms with Crippen LogP contribution in [-0.4, -0.2) is 10.2 Å². The molecule has 0 saturated heterocycles. The largest absolute Gasteiger partial charge is 0.428 e. The van der Waals surface area contributed by atoms with Crippen molar-refractivity contribution >= 4 is 0 Å². The summed E-state index contributed by atoms with van der Waals surface area (Å²) in [4.78, 5) is 0. The highest BCUT2D eigenvalue weighted by Crippen LogP contribution is 2.07. The second kappa shape index (κ2) is 3.71. The average Bonchev–Trinajstić information content (AvgIpc) is 2.72. The van der Waals surface area contributed by atoms with Crippen LogP contribution in [0.5, 0.6) is 0 Å². The van der Waals surface area contributed by atoms with Crippen LogP contribution in [0.2, 0.25) is 0 Å². The second-order valence-corrected chi connectivity index (χ2v) is 2.82. The van der Waals surface area contributed by atoms with Gasteiger partial charge in [-0.3, -0.25) is 0 Å². The maximum absolute atomic E-state index is 8.59. The molecule has 0 aliphatic carbocycles. The van der Waals surface area contributed by atoms with Crippen molar-refractivity contribution < 1.29 is 4.42 Å². The van der Waals surface area contributed by atoms with E-state index < -0.39 is 0 Å². The maximum atomic E-state index is 8.59. The van der Waals surface area contributed by atoms with Gasteiger partial charge in [-0.2, -0.15) is 5.26 Å². The van der Waals surface area contributed by atoms with Crippen LogP contribution in [0.3, 0.4) is 0 Å². The summed E-state index contributed by atoms with van der Waals surface area (Å²) in [6, 6.07) is 9.36. The molecule has 0 spiro atoms. The fraction of sp³-hybridized carbons (Fsp3) is 0.100. The Kier molecular flexibility index (Phi) is 2.24. The lowest BCUT2D eigenvalue weighted by molar-refractivity contribution is 0.505. The van der Waals surface area contributed by atoms with Crippen molar-refractivity contribution in [2.45, 2.75) is 6.42 Å². The van der Waals surface area contributed by atoms with E-state index in [9.17, 15) is 0 Å². The van der Waals surface area contributed by atoms with E-state index in [0.29, 0.717) is 17.9 Å². The molecule has 0 amide bonds. The smallest absolute Gasteiger partial charge is 0.220 e. The maximum Gasteiger partial charge on any atom is 0.220 e. The Labute approximate surface area is 80.8 Å². The predicted octanol–water partition coefficient (Wildman–Crippen LogP) is 1.53. The van der Waals surface area contributed by atoms with E-state index in [1.807, 2.05) is 12.1 Å². The number of nitriles is 1. The lowest BCUT2D eigenvalue weighted by Gasteiger charge is -1.95. The molecule has 2 rings (SSSR count). The van der Waals surface area contributed by atoms with Gasteiger partial charge in [0.25, 0.3) is 0 Å². The van der Waals surface area contributed by atoms with Gasteiger partial charge in [-0.05, 0) is 17.7 Å². The summed E-state index contributed by atoms with van der Waals surface area (Å²) < 4.78 is 5.01. The second-order valence-electron chi connectivity index (χ2n) is 2.82. The van der Waals surface area contributed by atoms with E-state index in [-0.39, 0.29) is 0 Å². The summed E-state index contributed by atoms with van der Waals surface area (Å²) in [7, 11) is 0. The minimum atomic E-state index is 0.578. The lowest BCUT2D eigenvalue weighted by Crippen LogP contribution is -1.88. The first-order chi connectivity index (χ1) is 6.88. The molecule has 1 aromatic carbocycles. The van der Waals surface area contributed by atoms with E-state index >= 15 is 0 Å².